The van der Waals surface area contributed by atoms with Gasteiger partial charge in [-0.3, -0.25) is 9.55 Å². The molecule has 318 valence electrons. The van der Waals surface area contributed by atoms with Crippen molar-refractivity contribution in [2.24, 2.45) is 0 Å². The van der Waals surface area contributed by atoms with Crippen molar-refractivity contribution in [2.45, 2.75) is 98.8 Å². The van der Waals surface area contributed by atoms with Crippen molar-refractivity contribution < 1.29 is 35.8 Å². The van der Waals surface area contributed by atoms with Gasteiger partial charge < -0.3 is 5.11 Å². The van der Waals surface area contributed by atoms with E-state index in [2.05, 4.69) is 108 Å². The molecule has 4 nitrogen and oxygen atoms in total. The number of hydrogen-bond donors (Lipinski definition) is 1. The topological polar surface area (TPSA) is 50.9 Å². The zero-order valence-electron chi connectivity index (χ0n) is 44.5. The number of benzene rings is 6. The Labute approximate surface area is 393 Å². The van der Waals surface area contributed by atoms with Gasteiger partial charge in [0.05, 0.1) is 31.9 Å². The summed E-state index contributed by atoms with van der Waals surface area (Å²) in [5, 5.41) is 12.1. The van der Waals surface area contributed by atoms with Crippen LogP contribution in [0.15, 0.2) is 133 Å². The first-order valence-corrected chi connectivity index (χ1v) is 21.1. The van der Waals surface area contributed by atoms with Crippen LogP contribution in [0.2, 0.25) is 0 Å². The van der Waals surface area contributed by atoms with Gasteiger partial charge in [-0.05, 0) is 100 Å². The van der Waals surface area contributed by atoms with Crippen LogP contribution in [-0.2, 0) is 37.3 Å². The van der Waals surface area contributed by atoms with Crippen LogP contribution in [0.25, 0.3) is 72.7 Å². The first-order valence-electron chi connectivity index (χ1n) is 24.6. The van der Waals surface area contributed by atoms with Crippen LogP contribution < -0.4 is 0 Å². The third kappa shape index (κ3) is 8.60. The minimum atomic E-state index is -0.472. The van der Waals surface area contributed by atoms with Crippen molar-refractivity contribution in [2.75, 3.05) is 0 Å². The fraction of sp³-hybridized carbons (Fsp3) is 0.263. The van der Waals surface area contributed by atoms with E-state index in [1.54, 1.807) is 0 Å². The van der Waals surface area contributed by atoms with E-state index in [4.69, 9.17) is 13.2 Å². The standard InChI is InChI=1S/C57H58N3O.Pt/c1-12-57(10,11)43-25-26-50(47(34-43)39-17-14-13-15-18-39)60-51-20-16-19-46(52(51)59-54(60)48-35-44(55(4,5)6)29-37(3)53(48)61)41-30-42(32-45(31-41)56(7,8)9)49-33-40(27-28-58-49)38-23-21-36(2)22-24-38;/h13-29,31-35,61H,12H2,1-11H3;/q-1;/i21D,22D,23D,24D,27D,28D,33D;. The van der Waals surface area contributed by atoms with Crippen molar-refractivity contribution in [1.82, 2.24) is 14.5 Å². The van der Waals surface area contributed by atoms with E-state index in [9.17, 15) is 6.48 Å². The fourth-order valence-corrected chi connectivity index (χ4v) is 7.67. The second-order valence-corrected chi connectivity index (χ2v) is 18.9. The summed E-state index contributed by atoms with van der Waals surface area (Å²) in [6, 6.07) is 32.4. The summed E-state index contributed by atoms with van der Waals surface area (Å²) in [4.78, 5) is 10.00. The molecule has 0 unspecified atom stereocenters. The Morgan fingerprint density at radius 1 is 0.661 bits per heavy atom. The molecule has 0 bridgehead atoms. The van der Waals surface area contributed by atoms with E-state index in [0.29, 0.717) is 28.0 Å². The Hall–Kier alpha value is -5.57. The molecule has 2 aromatic heterocycles. The first kappa shape index (κ1) is 36.0. The molecule has 0 amide bonds. The normalized spacial score (nSPS) is 13.7. The first-order chi connectivity index (χ1) is 31.8. The number of para-hydroxylation sites is 1. The molecular formula is C57H58N3OPt-. The van der Waals surface area contributed by atoms with Crippen LogP contribution in [-0.4, -0.2) is 19.6 Å². The average molecular weight is 1000 g/mol. The van der Waals surface area contributed by atoms with Crippen molar-refractivity contribution in [1.29, 1.82) is 0 Å². The SMILES string of the molecule is [2H]c1nc(-c2[c-]c(-c3cccc4c3nc(-c3cc(C(C)(C)C)cc(C)c3O)n4-c3ccc(C(C)(C)CC)cc3-c3ccccc3)cc(C(C)(C)C)c2)c([2H])c(-c2c([2H])c([2H])c(C)c([2H])c2[2H])c1[2H].[Pt]. The molecule has 0 aliphatic carbocycles. The van der Waals surface area contributed by atoms with Crippen LogP contribution in [0, 0.1) is 19.9 Å². The predicted octanol–water partition coefficient (Wildman–Crippen LogP) is 15.2. The average Bonchev–Trinajstić information content (AvgIpc) is 3.69. The van der Waals surface area contributed by atoms with Gasteiger partial charge in [-0.15, -0.1) is 29.3 Å². The molecule has 5 heteroatoms. The molecule has 0 aliphatic heterocycles. The van der Waals surface area contributed by atoms with Gasteiger partial charge in [-0.2, -0.15) is 0 Å². The summed E-state index contributed by atoms with van der Waals surface area (Å²) < 4.78 is 64.2. The Morgan fingerprint density at radius 3 is 2.00 bits per heavy atom. The van der Waals surface area contributed by atoms with Crippen LogP contribution >= 0.6 is 0 Å². The Balaban J connectivity index is 0.00000703. The number of aromatic hydroxyl groups is 1. The number of phenols is 1. The molecule has 1 N–H and O–H groups in total. The molecule has 8 rings (SSSR count). The quantitative estimate of drug-likeness (QED) is 0.154. The van der Waals surface area contributed by atoms with Gasteiger partial charge in [0.1, 0.15) is 11.6 Å². The predicted molar refractivity (Wildman–Crippen MR) is 257 cm³/mol. The molecule has 6 aromatic carbocycles. The van der Waals surface area contributed by atoms with E-state index >= 15 is 0 Å². The molecule has 62 heavy (non-hydrogen) atoms. The minimum Gasteiger partial charge on any atom is -0.507 e. The van der Waals surface area contributed by atoms with E-state index in [0.717, 1.165) is 51.0 Å². The smallest absolute Gasteiger partial charge is 0.148 e. The van der Waals surface area contributed by atoms with Gasteiger partial charge in [0.2, 0.25) is 0 Å². The van der Waals surface area contributed by atoms with Gasteiger partial charge in [0.25, 0.3) is 0 Å². The maximum absolute atomic E-state index is 12.1. The molecular weight excluding hydrogens is 938 g/mol. The fourth-order valence-electron chi connectivity index (χ4n) is 7.67. The summed E-state index contributed by atoms with van der Waals surface area (Å²) in [6.45, 7) is 22.8. The number of hydrogen-bond acceptors (Lipinski definition) is 3. The molecule has 0 spiro atoms. The third-order valence-corrected chi connectivity index (χ3v) is 12.0. The van der Waals surface area contributed by atoms with Crippen molar-refractivity contribution >= 4 is 11.0 Å². The van der Waals surface area contributed by atoms with Gasteiger partial charge in [0.15, 0.2) is 0 Å². The molecule has 0 fully saturated rings. The number of aromatic nitrogens is 3. The molecule has 8 aromatic rings. The molecule has 0 atom stereocenters. The van der Waals surface area contributed by atoms with Crippen LogP contribution in [0.1, 0.15) is 106 Å². The summed E-state index contributed by atoms with van der Waals surface area (Å²) in [6.07, 6.45) is 0.470. The van der Waals surface area contributed by atoms with E-state index in [-0.39, 0.29) is 90.2 Å². The number of imidazole rings is 1. The minimum absolute atomic E-state index is 0. The van der Waals surface area contributed by atoms with Crippen molar-refractivity contribution in [3.05, 3.63) is 167 Å². The summed E-state index contributed by atoms with van der Waals surface area (Å²) in [5.41, 5.74) is 9.45. The molecule has 0 saturated heterocycles. The Bertz CT molecular complexity index is 3300. The van der Waals surface area contributed by atoms with Crippen molar-refractivity contribution in [3.8, 4) is 67.5 Å². The molecule has 0 saturated carbocycles. The zero-order valence-corrected chi connectivity index (χ0v) is 39.7. The van der Waals surface area contributed by atoms with Gasteiger partial charge in [-0.25, -0.2) is 4.98 Å². The maximum Gasteiger partial charge on any atom is 0.148 e. The Morgan fingerprint density at radius 2 is 1.32 bits per heavy atom. The number of pyridine rings is 1. The second kappa shape index (κ2) is 16.9. The zero-order chi connectivity index (χ0) is 49.5. The second-order valence-electron chi connectivity index (χ2n) is 18.9. The van der Waals surface area contributed by atoms with E-state index < -0.39 is 17.6 Å². The van der Waals surface area contributed by atoms with Crippen molar-refractivity contribution in [3.63, 3.8) is 0 Å². The molecule has 0 radical (unpaired) electrons. The van der Waals surface area contributed by atoms with E-state index in [1.165, 1.54) is 12.5 Å². The van der Waals surface area contributed by atoms with Gasteiger partial charge in [-0.1, -0.05) is 164 Å². The molecule has 2 heterocycles. The van der Waals surface area contributed by atoms with Crippen LogP contribution in [0.3, 0.4) is 0 Å². The van der Waals surface area contributed by atoms with Crippen LogP contribution in [0.4, 0.5) is 0 Å². The summed E-state index contributed by atoms with van der Waals surface area (Å²) >= 11 is 0. The number of nitrogens with zero attached hydrogens (tertiary/aromatic N) is 3. The molecule has 0 aliphatic rings. The number of rotatable bonds is 8. The maximum atomic E-state index is 12.1. The third-order valence-electron chi connectivity index (χ3n) is 12.0. The van der Waals surface area contributed by atoms with Gasteiger partial charge in [0, 0.05) is 38.5 Å². The van der Waals surface area contributed by atoms with E-state index in [1.807, 2.05) is 67.6 Å². The largest absolute Gasteiger partial charge is 0.507 e. The monoisotopic (exact) mass is 1000 g/mol. The number of aryl methyl sites for hydroxylation is 1. The number of phenolic OH excluding ortho intramolecular Hbond substituents is 1. The summed E-state index contributed by atoms with van der Waals surface area (Å²) in [7, 11) is 0. The summed E-state index contributed by atoms with van der Waals surface area (Å²) in [5.74, 6) is 0.683. The Kier molecular flexibility index (Phi) is 9.83. The number of fused-ring (bicyclic) bond motifs is 1. The van der Waals surface area contributed by atoms with Crippen LogP contribution in [0.5, 0.6) is 5.75 Å². The van der Waals surface area contributed by atoms with Gasteiger partial charge >= 0.3 is 0 Å².